The van der Waals surface area contributed by atoms with Crippen LogP contribution in [0, 0.1) is 5.82 Å². The second kappa shape index (κ2) is 5.29. The quantitative estimate of drug-likeness (QED) is 0.785. The van der Waals surface area contributed by atoms with E-state index in [1.54, 1.807) is 0 Å². The maximum atomic E-state index is 13.3. The van der Waals surface area contributed by atoms with Crippen molar-refractivity contribution in [3.05, 3.63) is 51.7 Å². The monoisotopic (exact) mass is 331 g/mol. The molecule has 0 aromatic heterocycles. The predicted molar refractivity (Wildman–Crippen MR) is 74.1 cm³/mol. The summed E-state index contributed by atoms with van der Waals surface area (Å²) in [6, 6.07) is 10.5. The van der Waals surface area contributed by atoms with Crippen LogP contribution in [0.15, 0.2) is 50.7 Å². The van der Waals surface area contributed by atoms with Gasteiger partial charge in [0.1, 0.15) is 5.82 Å². The average Bonchev–Trinajstić information content (AvgIpc) is 2.29. The SMILES string of the molecule is Nc1cc(Cl)c(F)cc1Sc1ccccc1Br. The van der Waals surface area contributed by atoms with E-state index in [2.05, 4.69) is 15.9 Å². The highest BCUT2D eigenvalue weighted by molar-refractivity contribution is 9.10. The first-order valence-corrected chi connectivity index (χ1v) is 6.73. The number of benzene rings is 2. The Morgan fingerprint density at radius 3 is 2.59 bits per heavy atom. The summed E-state index contributed by atoms with van der Waals surface area (Å²) in [4.78, 5) is 1.62. The van der Waals surface area contributed by atoms with Crippen molar-refractivity contribution in [2.24, 2.45) is 0 Å². The molecule has 0 heterocycles. The molecule has 0 atom stereocenters. The number of rotatable bonds is 2. The fraction of sp³-hybridized carbons (Fsp3) is 0. The highest BCUT2D eigenvalue weighted by Gasteiger charge is 2.09. The fourth-order valence-electron chi connectivity index (χ4n) is 1.28. The number of nitrogen functional groups attached to an aromatic ring is 1. The summed E-state index contributed by atoms with van der Waals surface area (Å²) in [5, 5.41) is 0.0407. The van der Waals surface area contributed by atoms with Crippen molar-refractivity contribution in [3.8, 4) is 0 Å². The molecule has 0 aliphatic heterocycles. The Labute approximate surface area is 116 Å². The van der Waals surface area contributed by atoms with Crippen molar-refractivity contribution in [2.45, 2.75) is 9.79 Å². The minimum absolute atomic E-state index is 0.0407. The van der Waals surface area contributed by atoms with Gasteiger partial charge in [-0.05, 0) is 40.2 Å². The van der Waals surface area contributed by atoms with E-state index in [4.69, 9.17) is 17.3 Å². The molecule has 0 saturated carbocycles. The third-order valence-corrected chi connectivity index (χ3v) is 4.50. The summed E-state index contributed by atoms with van der Waals surface area (Å²) in [7, 11) is 0. The Morgan fingerprint density at radius 2 is 1.88 bits per heavy atom. The standard InChI is InChI=1S/C12H8BrClFNS/c13-7-3-1-2-4-11(7)17-12-6-9(15)8(14)5-10(12)16/h1-6H,16H2. The normalized spacial score (nSPS) is 10.5. The minimum Gasteiger partial charge on any atom is -0.398 e. The van der Waals surface area contributed by atoms with Crippen molar-refractivity contribution in [3.63, 3.8) is 0 Å². The lowest BCUT2D eigenvalue weighted by Gasteiger charge is -2.08. The van der Waals surface area contributed by atoms with Crippen LogP contribution in [0.5, 0.6) is 0 Å². The molecule has 0 radical (unpaired) electrons. The highest BCUT2D eigenvalue weighted by atomic mass is 79.9. The second-order valence-electron chi connectivity index (χ2n) is 3.34. The number of hydrogen-bond donors (Lipinski definition) is 1. The van der Waals surface area contributed by atoms with E-state index in [1.165, 1.54) is 23.9 Å². The van der Waals surface area contributed by atoms with Crippen LogP contribution in [0.1, 0.15) is 0 Å². The molecule has 0 bridgehead atoms. The van der Waals surface area contributed by atoms with E-state index < -0.39 is 5.82 Å². The molecule has 0 amide bonds. The van der Waals surface area contributed by atoms with Gasteiger partial charge in [-0.2, -0.15) is 0 Å². The van der Waals surface area contributed by atoms with Gasteiger partial charge in [-0.15, -0.1) is 0 Å². The molecular weight excluding hydrogens is 325 g/mol. The van der Waals surface area contributed by atoms with Crippen LogP contribution in [-0.4, -0.2) is 0 Å². The Balaban J connectivity index is 2.37. The minimum atomic E-state index is -0.463. The van der Waals surface area contributed by atoms with Gasteiger partial charge in [-0.25, -0.2) is 4.39 Å². The molecule has 2 N–H and O–H groups in total. The molecule has 0 aliphatic rings. The Bertz CT molecular complexity index is 562. The summed E-state index contributed by atoms with van der Waals surface area (Å²) in [5.74, 6) is -0.463. The maximum Gasteiger partial charge on any atom is 0.143 e. The molecule has 0 spiro atoms. The van der Waals surface area contributed by atoms with Gasteiger partial charge in [0.15, 0.2) is 0 Å². The molecule has 2 aromatic rings. The molecule has 2 aromatic carbocycles. The van der Waals surface area contributed by atoms with Crippen molar-refractivity contribution in [1.29, 1.82) is 0 Å². The largest absolute Gasteiger partial charge is 0.398 e. The van der Waals surface area contributed by atoms with Gasteiger partial charge in [0.25, 0.3) is 0 Å². The van der Waals surface area contributed by atoms with Crippen LogP contribution < -0.4 is 5.73 Å². The summed E-state index contributed by atoms with van der Waals surface area (Å²) >= 11 is 10.5. The van der Waals surface area contributed by atoms with Gasteiger partial charge in [0.2, 0.25) is 0 Å². The van der Waals surface area contributed by atoms with E-state index in [9.17, 15) is 4.39 Å². The second-order valence-corrected chi connectivity index (χ2v) is 5.68. The molecule has 1 nitrogen and oxygen atoms in total. The predicted octanol–water partition coefficient (Wildman–Crippen LogP) is 4.98. The Kier molecular flexibility index (Phi) is 3.97. The van der Waals surface area contributed by atoms with Gasteiger partial charge < -0.3 is 5.73 Å². The van der Waals surface area contributed by atoms with Crippen LogP contribution >= 0.6 is 39.3 Å². The van der Waals surface area contributed by atoms with Crippen molar-refractivity contribution >= 4 is 45.0 Å². The van der Waals surface area contributed by atoms with Gasteiger partial charge in [0.05, 0.1) is 5.02 Å². The first kappa shape index (κ1) is 12.7. The first-order chi connectivity index (χ1) is 8.08. The lowest BCUT2D eigenvalue weighted by Crippen LogP contribution is -1.91. The molecule has 2 rings (SSSR count). The van der Waals surface area contributed by atoms with Crippen LogP contribution in [0.3, 0.4) is 0 Å². The lowest BCUT2D eigenvalue weighted by molar-refractivity contribution is 0.625. The third kappa shape index (κ3) is 2.94. The zero-order chi connectivity index (χ0) is 12.4. The Hall–Kier alpha value is -0.710. The van der Waals surface area contributed by atoms with Crippen LogP contribution in [0.4, 0.5) is 10.1 Å². The average molecular weight is 333 g/mol. The van der Waals surface area contributed by atoms with Gasteiger partial charge in [-0.3, -0.25) is 0 Å². The van der Waals surface area contributed by atoms with E-state index in [1.807, 2.05) is 24.3 Å². The van der Waals surface area contributed by atoms with Gasteiger partial charge in [-0.1, -0.05) is 35.5 Å². The molecule has 0 unspecified atom stereocenters. The van der Waals surface area contributed by atoms with E-state index >= 15 is 0 Å². The van der Waals surface area contributed by atoms with Crippen LogP contribution in [-0.2, 0) is 0 Å². The third-order valence-electron chi connectivity index (χ3n) is 2.11. The molecule has 0 aliphatic carbocycles. The van der Waals surface area contributed by atoms with E-state index in [0.717, 1.165) is 9.37 Å². The van der Waals surface area contributed by atoms with Crippen molar-refractivity contribution in [1.82, 2.24) is 0 Å². The Morgan fingerprint density at radius 1 is 1.18 bits per heavy atom. The first-order valence-electron chi connectivity index (χ1n) is 4.75. The maximum absolute atomic E-state index is 13.3. The zero-order valence-electron chi connectivity index (χ0n) is 8.58. The topological polar surface area (TPSA) is 26.0 Å². The number of halogens is 3. The fourth-order valence-corrected chi connectivity index (χ4v) is 2.87. The smallest absolute Gasteiger partial charge is 0.143 e. The van der Waals surface area contributed by atoms with Crippen molar-refractivity contribution < 1.29 is 4.39 Å². The summed E-state index contributed by atoms with van der Waals surface area (Å²) in [6.07, 6.45) is 0. The number of hydrogen-bond acceptors (Lipinski definition) is 2. The molecule has 17 heavy (non-hydrogen) atoms. The summed E-state index contributed by atoms with van der Waals surface area (Å²) in [6.45, 7) is 0. The van der Waals surface area contributed by atoms with Crippen LogP contribution in [0.2, 0.25) is 5.02 Å². The summed E-state index contributed by atoms with van der Waals surface area (Å²) in [5.41, 5.74) is 6.27. The number of anilines is 1. The van der Waals surface area contributed by atoms with E-state index in [-0.39, 0.29) is 5.02 Å². The molecule has 0 fully saturated rings. The van der Waals surface area contributed by atoms with Gasteiger partial charge >= 0.3 is 0 Å². The lowest BCUT2D eigenvalue weighted by atomic mass is 10.3. The molecule has 88 valence electrons. The molecule has 0 saturated heterocycles. The van der Waals surface area contributed by atoms with Gasteiger partial charge in [0, 0.05) is 20.0 Å². The summed E-state index contributed by atoms with van der Waals surface area (Å²) < 4.78 is 14.3. The van der Waals surface area contributed by atoms with E-state index in [0.29, 0.717) is 10.6 Å². The molecular formula is C12H8BrClFNS. The number of nitrogens with two attached hydrogens (primary N) is 1. The zero-order valence-corrected chi connectivity index (χ0v) is 11.7. The highest BCUT2D eigenvalue weighted by Crippen LogP contribution is 2.37. The molecule has 5 heteroatoms. The van der Waals surface area contributed by atoms with Crippen LogP contribution in [0.25, 0.3) is 0 Å². The van der Waals surface area contributed by atoms with Crippen molar-refractivity contribution in [2.75, 3.05) is 5.73 Å².